The van der Waals surface area contributed by atoms with Gasteiger partial charge < -0.3 is 64.1 Å². The van der Waals surface area contributed by atoms with Crippen LogP contribution in [-0.2, 0) is 96.4 Å². The Morgan fingerprint density at radius 2 is 1.06 bits per heavy atom. The summed E-state index contributed by atoms with van der Waals surface area (Å²) in [5.41, 5.74) is 19.5. The van der Waals surface area contributed by atoms with Crippen LogP contribution < -0.4 is 136 Å². The normalized spacial score (nSPS) is 19.2. The number of carbonyl (C=O) groups is 4. The first-order valence-electron chi connectivity index (χ1n) is 36.0. The third kappa shape index (κ3) is 36.8. The average molecular weight is 1790 g/mol. The molecule has 0 bridgehead atoms. The van der Waals surface area contributed by atoms with Gasteiger partial charge >= 0.3 is 128 Å². The molecule has 0 unspecified atom stereocenters. The molecular formula is C77H90Cl2F14K2N11O13+. The number of carbonyl (C=O) groups excluding carboxylic acids is 4. The minimum Gasteiger partial charge on any atom is -0.443 e. The molecule has 10 rings (SSSR count). The number of ether oxygens (including phenoxy) is 7. The van der Waals surface area contributed by atoms with E-state index in [0.717, 1.165) is 5.56 Å². The summed E-state index contributed by atoms with van der Waals surface area (Å²) in [4.78, 5) is 53.3. The van der Waals surface area contributed by atoms with Crippen molar-refractivity contribution in [3.8, 4) is 0 Å². The van der Waals surface area contributed by atoms with Crippen LogP contribution in [0.4, 0.5) is 66.3 Å². The van der Waals surface area contributed by atoms with E-state index in [9.17, 15) is 80.6 Å². The number of morpholine rings is 3. The molecule has 6 aromatic rings. The molecule has 3 saturated heterocycles. The Bertz CT molecular complexity index is 4200. The monoisotopic (exact) mass is 1790 g/mol. The summed E-state index contributed by atoms with van der Waals surface area (Å²) < 4.78 is 231. The van der Waals surface area contributed by atoms with Gasteiger partial charge in [0.15, 0.2) is 20.2 Å². The number of benzene rings is 6. The molecule has 3 fully saturated rings. The number of amides is 3. The van der Waals surface area contributed by atoms with Gasteiger partial charge in [0.2, 0.25) is 11.8 Å². The minimum absolute atomic E-state index is 0. The molecule has 6 aromatic carbocycles. The molecule has 119 heavy (non-hydrogen) atoms. The maximum absolute atomic E-state index is 13.7. The van der Waals surface area contributed by atoms with Gasteiger partial charge in [-0.15, -0.1) is 24.0 Å². The van der Waals surface area contributed by atoms with Crippen molar-refractivity contribution in [2.75, 3.05) is 58.4 Å². The number of hydrazone groups is 3. The summed E-state index contributed by atoms with van der Waals surface area (Å²) in [7, 11) is 0. The number of nitrogens with one attached hydrogen (secondary N) is 4. The quantitative estimate of drug-likeness (QED) is 0.00358. The fourth-order valence-electron chi connectivity index (χ4n) is 11.7. The van der Waals surface area contributed by atoms with Crippen LogP contribution in [-0.4, -0.2) is 134 Å². The molecule has 4 heterocycles. The predicted octanol–water partition coefficient (Wildman–Crippen LogP) is 9.03. The third-order valence-electron chi connectivity index (χ3n) is 16.9. The standard InChI is InChI=1S/C27H35F3N4O4.C24H22F7N3O3.C20H22F3NO2.C4H8ClN3O.C2H2FO3.ClH.2K/c1-17(21-12-18(14-28)11-19(13-21)15-29)37-25-24(20-5-7-22(30)8-6-20)34(9-10-36-25)16-23(31)32-33-26(35)38-27(2,3)4;1-13(15-8-16(23(26,27)28)10-17(9-15)24(29,30)31)37-22-21(14-2-4-18(25)5-3-14)34(6-7-36-22)12-19-11-20(35)33-32-19;1-13(17-9-14(11-21)8-15(10-17)12-22)26-20-19(24-6-7-25-20)16-2-4-18(23)5-3-16;1-3(9)7-8-4(6)2-5;3-1-5-6-2-4;;;/h5-8,11-13,17,24-25H,9-10,14-16H2,1-4H3,(H2,31,32)(H,33,35);2-5,8-10,13,21-22H,6-7,11-12H2,1H3,(H,33,35);2-5,8-10,13,19-20,24H,6-7,11-12H2,1H3;2H2,1H3,(H2,6,8)(H,7,9);1-2H;1H;;/q;;;;-1;;2*+1/t17-,24+,25-;13-,21+,22-;13-,19+,20-;;;;;/m111...../s1/i;;;;2D;;;. The van der Waals surface area contributed by atoms with Crippen LogP contribution in [0.3, 0.4) is 0 Å². The molecule has 4 aliphatic rings. The van der Waals surface area contributed by atoms with Crippen molar-refractivity contribution in [1.29, 1.82) is 0 Å². The summed E-state index contributed by atoms with van der Waals surface area (Å²) in [6.07, 6.45) is -16.9. The second-order valence-corrected chi connectivity index (χ2v) is 27.1. The average Bonchev–Trinajstić information content (AvgIpc) is 0.804. The maximum atomic E-state index is 13.7. The number of alkyl halides is 11. The van der Waals surface area contributed by atoms with Crippen molar-refractivity contribution in [3.05, 3.63) is 218 Å². The van der Waals surface area contributed by atoms with E-state index in [0.29, 0.717) is 95.2 Å². The first-order chi connectivity index (χ1) is 55.3. The third-order valence-corrected chi connectivity index (χ3v) is 17.1. The molecular weight excluding hydrogens is 1700 g/mol. The first-order valence-corrected chi connectivity index (χ1v) is 36.0. The van der Waals surface area contributed by atoms with Crippen molar-refractivity contribution in [3.63, 3.8) is 0 Å². The van der Waals surface area contributed by atoms with Gasteiger partial charge in [0, 0.05) is 33.1 Å². The molecule has 0 aliphatic carbocycles. The fraction of sp³-hybridized carbons (Fsp3) is 0.429. The van der Waals surface area contributed by atoms with Gasteiger partial charge in [0.05, 0.1) is 91.9 Å². The Hall–Kier alpha value is -5.92. The van der Waals surface area contributed by atoms with Crippen LogP contribution in [0.25, 0.3) is 0 Å². The van der Waals surface area contributed by atoms with Crippen LogP contribution >= 0.6 is 24.0 Å². The second kappa shape index (κ2) is 53.3. The molecule has 0 spiro atoms. The summed E-state index contributed by atoms with van der Waals surface area (Å²) >= 11 is 5.23. The summed E-state index contributed by atoms with van der Waals surface area (Å²) in [6.45, 7) is 11.0. The van der Waals surface area contributed by atoms with Gasteiger partial charge in [-0.25, -0.2) is 51.8 Å². The predicted molar refractivity (Wildman–Crippen MR) is 403 cm³/mol. The molecule has 3 amide bonds. The number of nitrogens with two attached hydrogens (primary N) is 2. The SMILES string of the molecule is CC(=O)N/N=C(\N)CCl.C[C@@H](O[C@H]1OCCN(C/C(N)=N/NC(=O)OC(C)(C)C)[C@H]1c1ccc(F)cc1)c1cc(CF)cc(CF)c1.C[C@@H](O[C@H]1OCCN(CC2=NNC(=O)C2)[C@H]1c1ccc(F)cc1)c1cc(C(F)(F)F)cc(C(F)(F)F)c1.C[C@@H](O[C@H]1OCCN[C@H]1c1ccc(F)cc1)c1cc(CF)cc(CF)c1.Cl.[2H]C(=O)OO[CH-]F.[K+].[K+]. The Morgan fingerprint density at radius 1 is 0.647 bits per heavy atom. The number of rotatable bonds is 25. The van der Waals surface area contributed by atoms with Crippen LogP contribution in [0.5, 0.6) is 0 Å². The number of halogens is 16. The summed E-state index contributed by atoms with van der Waals surface area (Å²) in [6, 6.07) is 26.8. The van der Waals surface area contributed by atoms with E-state index in [1.54, 1.807) is 76.2 Å². The van der Waals surface area contributed by atoms with E-state index in [-0.39, 0.29) is 201 Å². The molecule has 0 saturated carbocycles. The summed E-state index contributed by atoms with van der Waals surface area (Å²) in [5.74, 6) is -1.31. The molecule has 9 atom stereocenters. The topological polar surface area (TPSA) is 295 Å². The molecule has 24 nitrogen and oxygen atoms in total. The van der Waals surface area contributed by atoms with E-state index in [1.165, 1.54) is 74.5 Å². The summed E-state index contributed by atoms with van der Waals surface area (Å²) in [5, 5.41) is 14.6. The molecule has 4 aliphatic heterocycles. The van der Waals surface area contributed by atoms with Crippen LogP contribution in [0.15, 0.2) is 143 Å². The van der Waals surface area contributed by atoms with Crippen LogP contribution in [0, 0.1) is 24.3 Å². The fourth-order valence-corrected chi connectivity index (χ4v) is 11.7. The van der Waals surface area contributed by atoms with Crippen molar-refractivity contribution in [2.45, 2.75) is 155 Å². The van der Waals surface area contributed by atoms with Gasteiger partial charge in [0.25, 0.3) is 0 Å². The van der Waals surface area contributed by atoms with Gasteiger partial charge in [0.1, 0.15) is 61.4 Å². The minimum atomic E-state index is -5.00. The smallest absolute Gasteiger partial charge is 0.443 e. The van der Waals surface area contributed by atoms with Crippen molar-refractivity contribution in [1.82, 2.24) is 31.4 Å². The van der Waals surface area contributed by atoms with Crippen LogP contribution in [0.2, 0.25) is 0 Å². The Labute approximate surface area is 775 Å². The number of amidine groups is 2. The van der Waals surface area contributed by atoms with Gasteiger partial charge in [-0.1, -0.05) is 72.8 Å². The van der Waals surface area contributed by atoms with Gasteiger partial charge in [-0.3, -0.25) is 24.2 Å². The van der Waals surface area contributed by atoms with E-state index in [1.807, 2.05) is 16.7 Å². The molecule has 0 aromatic heterocycles. The van der Waals surface area contributed by atoms with E-state index < -0.39 is 129 Å². The number of hydrogen-bond donors (Lipinski definition) is 6. The van der Waals surface area contributed by atoms with E-state index in [4.69, 9.17) is 57.6 Å². The van der Waals surface area contributed by atoms with Crippen molar-refractivity contribution < 1.29 is 228 Å². The van der Waals surface area contributed by atoms with E-state index in [2.05, 4.69) is 46.7 Å². The number of nitrogens with zero attached hydrogens (tertiary/aromatic N) is 5. The zero-order valence-corrected chi connectivity index (χ0v) is 73.9. The molecule has 644 valence electrons. The molecule has 42 heteroatoms. The molecule has 8 N–H and O–H groups in total. The zero-order valence-electron chi connectivity index (χ0n) is 67.1. The Morgan fingerprint density at radius 3 is 1.45 bits per heavy atom. The van der Waals surface area contributed by atoms with Gasteiger partial charge in [-0.2, -0.15) is 41.6 Å². The largest absolute Gasteiger partial charge is 1.00 e. The molecule has 0 radical (unpaired) electrons. The maximum Gasteiger partial charge on any atom is 1.00 e. The van der Waals surface area contributed by atoms with Crippen molar-refractivity contribution in [2.24, 2.45) is 26.8 Å². The van der Waals surface area contributed by atoms with Crippen LogP contribution in [0.1, 0.15) is 159 Å². The van der Waals surface area contributed by atoms with E-state index >= 15 is 0 Å². The second-order valence-electron chi connectivity index (χ2n) is 26.9. The Kier molecular flexibility index (Phi) is 47.2. The van der Waals surface area contributed by atoms with Crippen molar-refractivity contribution >= 4 is 65.7 Å². The van der Waals surface area contributed by atoms with Gasteiger partial charge in [-0.05, 0) is 159 Å². The zero-order chi connectivity index (χ0) is 86.3. The number of hydrogen-bond acceptors (Lipinski definition) is 19. The Balaban J connectivity index is 0.000000425. The first kappa shape index (κ1) is 105.